The van der Waals surface area contributed by atoms with Gasteiger partial charge in [-0.15, -0.1) is 0 Å². The number of aromatic nitrogens is 1. The van der Waals surface area contributed by atoms with Crippen LogP contribution in [0.5, 0.6) is 0 Å². The van der Waals surface area contributed by atoms with Crippen molar-refractivity contribution in [3.05, 3.63) is 77.0 Å². The highest BCUT2D eigenvalue weighted by atomic mass is 35.5. The number of para-hydroxylation sites is 2. The van der Waals surface area contributed by atoms with E-state index in [1.165, 1.54) is 9.80 Å². The molecule has 4 rings (SSSR count). The van der Waals surface area contributed by atoms with Crippen LogP contribution >= 0.6 is 23.2 Å². The number of carbonyl (C=O) groups excluding carboxylic acids is 2. The third-order valence-corrected chi connectivity index (χ3v) is 5.82. The lowest BCUT2D eigenvalue weighted by atomic mass is 10.1. The summed E-state index contributed by atoms with van der Waals surface area (Å²) in [5, 5.41) is 4.79. The predicted octanol–water partition coefficient (Wildman–Crippen LogP) is 4.99. The van der Waals surface area contributed by atoms with Gasteiger partial charge in [0.15, 0.2) is 0 Å². The summed E-state index contributed by atoms with van der Waals surface area (Å²) >= 11 is 12.6. The van der Waals surface area contributed by atoms with Crippen LogP contribution in [0.25, 0.3) is 5.69 Å². The lowest BCUT2D eigenvalue weighted by Crippen LogP contribution is -2.48. The van der Waals surface area contributed by atoms with Crippen molar-refractivity contribution in [3.8, 4) is 5.69 Å². The van der Waals surface area contributed by atoms with Gasteiger partial charge in [0.1, 0.15) is 12.6 Å². The second kappa shape index (κ2) is 10.2. The van der Waals surface area contributed by atoms with Crippen LogP contribution in [0.3, 0.4) is 0 Å². The van der Waals surface area contributed by atoms with Gasteiger partial charge in [-0.3, -0.25) is 9.69 Å². The zero-order valence-electron chi connectivity index (χ0n) is 18.4. The Hall–Kier alpha value is -3.49. The van der Waals surface area contributed by atoms with Gasteiger partial charge in [-0.2, -0.15) is 0 Å². The average Bonchev–Trinajstić information content (AvgIpc) is 3.48. The van der Waals surface area contributed by atoms with Crippen molar-refractivity contribution in [2.24, 2.45) is 10.9 Å². The maximum Gasteiger partial charge on any atom is 0.315 e. The molecule has 0 aliphatic carbocycles. The highest BCUT2D eigenvalue weighted by Crippen LogP contribution is 2.36. The molecular formula is C24H23Cl2N5O3. The van der Waals surface area contributed by atoms with Crippen LogP contribution in [-0.4, -0.2) is 46.3 Å². The van der Waals surface area contributed by atoms with Crippen LogP contribution in [0.1, 0.15) is 13.3 Å². The Balaban J connectivity index is 1.85. The van der Waals surface area contributed by atoms with Gasteiger partial charge in [-0.1, -0.05) is 40.5 Å². The maximum absolute atomic E-state index is 14.1. The molecule has 0 bridgehead atoms. The zero-order chi connectivity index (χ0) is 24.2. The summed E-state index contributed by atoms with van der Waals surface area (Å²) in [7, 11) is 0. The molecule has 0 spiro atoms. The van der Waals surface area contributed by atoms with E-state index in [0.717, 1.165) is 5.69 Å². The molecule has 3 aromatic rings. The summed E-state index contributed by atoms with van der Waals surface area (Å²) in [4.78, 5) is 34.3. The van der Waals surface area contributed by atoms with Gasteiger partial charge in [-0.25, -0.2) is 4.79 Å². The number of nitrogens with zero attached hydrogens (tertiary/aromatic N) is 4. The van der Waals surface area contributed by atoms with E-state index in [9.17, 15) is 9.59 Å². The number of oxime groups is 1. The fourth-order valence-corrected chi connectivity index (χ4v) is 4.46. The smallest absolute Gasteiger partial charge is 0.315 e. The summed E-state index contributed by atoms with van der Waals surface area (Å²) in [6.45, 7) is 2.28. The molecule has 1 aromatic heterocycles. The number of amides is 3. The van der Waals surface area contributed by atoms with E-state index >= 15 is 0 Å². The van der Waals surface area contributed by atoms with Gasteiger partial charge in [0, 0.05) is 28.9 Å². The van der Waals surface area contributed by atoms with E-state index in [0.29, 0.717) is 33.7 Å². The normalized spacial score (nSPS) is 16.6. The Morgan fingerprint density at radius 3 is 2.44 bits per heavy atom. The Kier molecular flexibility index (Phi) is 7.09. The third kappa shape index (κ3) is 4.88. The summed E-state index contributed by atoms with van der Waals surface area (Å²) in [6.07, 6.45) is 3.95. The molecule has 2 heterocycles. The van der Waals surface area contributed by atoms with E-state index in [-0.39, 0.29) is 18.9 Å². The number of rotatable bonds is 6. The van der Waals surface area contributed by atoms with E-state index in [1.54, 1.807) is 25.1 Å². The number of benzene rings is 2. The van der Waals surface area contributed by atoms with Crippen molar-refractivity contribution in [3.63, 3.8) is 0 Å². The molecular weight excluding hydrogens is 477 g/mol. The highest BCUT2D eigenvalue weighted by molar-refractivity contribution is 6.35. The van der Waals surface area contributed by atoms with Gasteiger partial charge < -0.3 is 20.0 Å². The van der Waals surface area contributed by atoms with Crippen molar-refractivity contribution in [2.45, 2.75) is 19.4 Å². The summed E-state index contributed by atoms with van der Waals surface area (Å²) in [5.41, 5.74) is 7.98. The topological polar surface area (TPSA) is 93.2 Å². The fraction of sp³-hybridized carbons (Fsp3) is 0.208. The van der Waals surface area contributed by atoms with E-state index in [2.05, 4.69) is 5.16 Å². The van der Waals surface area contributed by atoms with E-state index < -0.39 is 12.1 Å². The summed E-state index contributed by atoms with van der Waals surface area (Å²) in [6, 6.07) is 14.5. The average molecular weight is 500 g/mol. The molecule has 0 unspecified atom stereocenters. The molecule has 2 N–H and O–H groups in total. The molecule has 1 atom stereocenters. The Morgan fingerprint density at radius 1 is 1.12 bits per heavy atom. The molecule has 3 amide bonds. The third-order valence-electron chi connectivity index (χ3n) is 5.38. The SMILES string of the molecule is CCON=C1C[C@@H](C(=O)N(c2cc(Cl)cc(Cl)c2)c2ccccc2-n2cccc2)N(C(N)=O)C1. The first-order valence-corrected chi connectivity index (χ1v) is 11.4. The monoisotopic (exact) mass is 499 g/mol. The van der Waals surface area contributed by atoms with Gasteiger partial charge in [-0.05, 0) is 49.4 Å². The number of halogens is 2. The minimum absolute atomic E-state index is 0.106. The molecule has 1 aliphatic rings. The molecule has 10 heteroatoms. The number of likely N-dealkylation sites (tertiary alicyclic amines) is 1. The first kappa shape index (κ1) is 23.7. The molecule has 2 aromatic carbocycles. The van der Waals surface area contributed by atoms with Crippen LogP contribution in [0.4, 0.5) is 16.2 Å². The molecule has 1 fully saturated rings. The number of anilines is 2. The Labute approximate surface area is 207 Å². The number of nitrogens with two attached hydrogens (primary N) is 1. The van der Waals surface area contributed by atoms with Crippen molar-refractivity contribution in [1.82, 2.24) is 9.47 Å². The molecule has 1 aliphatic heterocycles. The number of carbonyl (C=O) groups is 2. The van der Waals surface area contributed by atoms with Gasteiger partial charge >= 0.3 is 6.03 Å². The van der Waals surface area contributed by atoms with Gasteiger partial charge in [0.05, 0.1) is 29.3 Å². The first-order valence-electron chi connectivity index (χ1n) is 10.6. The quantitative estimate of drug-likeness (QED) is 0.483. The minimum atomic E-state index is -0.882. The Morgan fingerprint density at radius 2 is 1.79 bits per heavy atom. The number of primary amides is 1. The van der Waals surface area contributed by atoms with Crippen molar-refractivity contribution >= 4 is 52.2 Å². The molecule has 0 saturated carbocycles. The standard InChI is InChI=1S/C24H23Cl2N5O3/c1-2-34-28-18-14-22(30(15-18)24(27)33)23(32)31(19-12-16(25)11-17(26)13-19)21-8-4-3-7-20(21)29-9-5-6-10-29/h3-13,22H,2,14-15H2,1H3,(H2,27,33)/t22-/m0/s1. The van der Waals surface area contributed by atoms with Gasteiger partial charge in [0.25, 0.3) is 5.91 Å². The molecule has 34 heavy (non-hydrogen) atoms. The van der Waals surface area contributed by atoms with Crippen LogP contribution in [0.2, 0.25) is 10.0 Å². The molecule has 176 valence electrons. The number of hydrogen-bond donors (Lipinski definition) is 1. The Bertz CT molecular complexity index is 1210. The first-order chi connectivity index (χ1) is 16.4. The summed E-state index contributed by atoms with van der Waals surface area (Å²) < 4.78 is 1.89. The van der Waals surface area contributed by atoms with E-state index in [1.807, 2.05) is 53.4 Å². The van der Waals surface area contributed by atoms with Crippen LogP contribution in [-0.2, 0) is 9.63 Å². The van der Waals surface area contributed by atoms with Crippen LogP contribution in [0, 0.1) is 0 Å². The van der Waals surface area contributed by atoms with Crippen molar-refractivity contribution in [2.75, 3.05) is 18.1 Å². The van der Waals surface area contributed by atoms with Crippen LogP contribution < -0.4 is 10.6 Å². The predicted molar refractivity (Wildman–Crippen MR) is 133 cm³/mol. The van der Waals surface area contributed by atoms with E-state index in [4.69, 9.17) is 33.8 Å². The molecule has 0 radical (unpaired) electrons. The molecule has 8 nitrogen and oxygen atoms in total. The fourth-order valence-electron chi connectivity index (χ4n) is 3.95. The van der Waals surface area contributed by atoms with Gasteiger partial charge in [0.2, 0.25) is 0 Å². The second-order valence-electron chi connectivity index (χ2n) is 7.64. The van der Waals surface area contributed by atoms with Crippen molar-refractivity contribution in [1.29, 1.82) is 0 Å². The van der Waals surface area contributed by atoms with Crippen molar-refractivity contribution < 1.29 is 14.4 Å². The lowest BCUT2D eigenvalue weighted by Gasteiger charge is -2.31. The van der Waals surface area contributed by atoms with Crippen LogP contribution in [0.15, 0.2) is 72.1 Å². The summed E-state index contributed by atoms with van der Waals surface area (Å²) in [5.74, 6) is -0.376. The lowest BCUT2D eigenvalue weighted by molar-refractivity contribution is -0.121. The largest absolute Gasteiger partial charge is 0.396 e. The number of urea groups is 1. The number of hydrogen-bond acceptors (Lipinski definition) is 4. The highest BCUT2D eigenvalue weighted by Gasteiger charge is 2.41. The second-order valence-corrected chi connectivity index (χ2v) is 8.51. The minimum Gasteiger partial charge on any atom is -0.396 e. The molecule has 1 saturated heterocycles. The maximum atomic E-state index is 14.1. The zero-order valence-corrected chi connectivity index (χ0v) is 19.9.